The number of ether oxygens (including phenoxy) is 2. The topological polar surface area (TPSA) is 18.5 Å². The number of hydrogen-bond acceptors (Lipinski definition) is 2. The van der Waals surface area contributed by atoms with Crippen LogP contribution in [-0.2, 0) is 6.42 Å². The van der Waals surface area contributed by atoms with Gasteiger partial charge in [-0.1, -0.05) is 25.3 Å². The highest BCUT2D eigenvalue weighted by molar-refractivity contribution is 5.41. The summed E-state index contributed by atoms with van der Waals surface area (Å²) in [6.07, 6.45) is 9.10. The van der Waals surface area contributed by atoms with Gasteiger partial charge in [0.15, 0.2) is 0 Å². The smallest absolute Gasteiger partial charge is 0.126 e. The van der Waals surface area contributed by atoms with Crippen molar-refractivity contribution in [2.24, 2.45) is 5.92 Å². The van der Waals surface area contributed by atoms with Gasteiger partial charge in [0, 0.05) is 6.07 Å². The molecule has 1 heterocycles. The van der Waals surface area contributed by atoms with Crippen LogP contribution in [0.5, 0.6) is 11.5 Å². The van der Waals surface area contributed by atoms with E-state index in [2.05, 4.69) is 18.2 Å². The molecule has 0 unspecified atom stereocenters. The standard InChI is InChI=1S/C16H22O2/c1-2-5-13(6-3-1)12-18-15-9-8-14-7-4-10-17-16(14)11-15/h8-9,11,13H,1-7,10,12H2. The van der Waals surface area contributed by atoms with Crippen molar-refractivity contribution in [1.29, 1.82) is 0 Å². The van der Waals surface area contributed by atoms with Gasteiger partial charge in [-0.25, -0.2) is 0 Å². The van der Waals surface area contributed by atoms with Crippen LogP contribution < -0.4 is 9.47 Å². The SMILES string of the molecule is c1cc2c(cc1OCC1CCCCC1)OCCC2. The van der Waals surface area contributed by atoms with Gasteiger partial charge in [0.05, 0.1) is 13.2 Å². The Morgan fingerprint density at radius 2 is 2.00 bits per heavy atom. The summed E-state index contributed by atoms with van der Waals surface area (Å²) in [6.45, 7) is 1.72. The van der Waals surface area contributed by atoms with E-state index in [1.165, 1.54) is 37.7 Å². The Kier molecular flexibility index (Phi) is 3.72. The fourth-order valence-electron chi connectivity index (χ4n) is 2.98. The highest BCUT2D eigenvalue weighted by atomic mass is 16.5. The van der Waals surface area contributed by atoms with Gasteiger partial charge in [-0.05, 0) is 43.2 Å². The van der Waals surface area contributed by atoms with Crippen LogP contribution in [0.1, 0.15) is 44.1 Å². The van der Waals surface area contributed by atoms with Gasteiger partial charge in [-0.2, -0.15) is 0 Å². The van der Waals surface area contributed by atoms with E-state index >= 15 is 0 Å². The first kappa shape index (κ1) is 11.9. The predicted octanol–water partition coefficient (Wildman–Crippen LogP) is 3.97. The lowest BCUT2D eigenvalue weighted by atomic mass is 9.90. The van der Waals surface area contributed by atoms with Crippen molar-refractivity contribution in [1.82, 2.24) is 0 Å². The molecule has 0 amide bonds. The average Bonchev–Trinajstić information content (AvgIpc) is 2.46. The summed E-state index contributed by atoms with van der Waals surface area (Å²) >= 11 is 0. The zero-order chi connectivity index (χ0) is 12.2. The van der Waals surface area contributed by atoms with Crippen LogP contribution in [0.25, 0.3) is 0 Å². The Hall–Kier alpha value is -1.18. The van der Waals surface area contributed by atoms with Gasteiger partial charge in [0.25, 0.3) is 0 Å². The lowest BCUT2D eigenvalue weighted by Gasteiger charge is -2.22. The Balaban J connectivity index is 1.58. The Morgan fingerprint density at radius 1 is 1.11 bits per heavy atom. The third kappa shape index (κ3) is 2.80. The highest BCUT2D eigenvalue weighted by Crippen LogP contribution is 2.30. The largest absolute Gasteiger partial charge is 0.493 e. The molecule has 0 spiro atoms. The molecule has 2 heteroatoms. The van der Waals surface area contributed by atoms with Crippen molar-refractivity contribution >= 4 is 0 Å². The minimum Gasteiger partial charge on any atom is -0.493 e. The van der Waals surface area contributed by atoms with E-state index in [0.717, 1.165) is 43.5 Å². The van der Waals surface area contributed by atoms with Gasteiger partial charge in [0.1, 0.15) is 11.5 Å². The maximum Gasteiger partial charge on any atom is 0.126 e. The van der Waals surface area contributed by atoms with Gasteiger partial charge < -0.3 is 9.47 Å². The molecule has 0 saturated heterocycles. The first-order chi connectivity index (χ1) is 8.92. The number of hydrogen-bond donors (Lipinski definition) is 0. The van der Waals surface area contributed by atoms with Crippen LogP contribution in [0.15, 0.2) is 18.2 Å². The lowest BCUT2D eigenvalue weighted by molar-refractivity contribution is 0.207. The van der Waals surface area contributed by atoms with E-state index in [1.54, 1.807) is 0 Å². The molecule has 0 atom stereocenters. The van der Waals surface area contributed by atoms with E-state index in [9.17, 15) is 0 Å². The minimum absolute atomic E-state index is 0.760. The Morgan fingerprint density at radius 3 is 2.89 bits per heavy atom. The second kappa shape index (κ2) is 5.64. The molecule has 1 aromatic carbocycles. The molecule has 1 aromatic rings. The van der Waals surface area contributed by atoms with Gasteiger partial charge in [0.2, 0.25) is 0 Å². The van der Waals surface area contributed by atoms with Crippen LogP contribution >= 0.6 is 0 Å². The molecular formula is C16H22O2. The van der Waals surface area contributed by atoms with Crippen LogP contribution in [-0.4, -0.2) is 13.2 Å². The molecule has 1 saturated carbocycles. The molecule has 3 rings (SSSR count). The maximum absolute atomic E-state index is 5.93. The van der Waals surface area contributed by atoms with E-state index in [-0.39, 0.29) is 0 Å². The summed E-state index contributed by atoms with van der Waals surface area (Å²) in [6, 6.07) is 6.32. The normalized spacial score (nSPS) is 20.0. The predicted molar refractivity (Wildman–Crippen MR) is 72.3 cm³/mol. The Labute approximate surface area is 109 Å². The van der Waals surface area contributed by atoms with Gasteiger partial charge >= 0.3 is 0 Å². The first-order valence-electron chi connectivity index (χ1n) is 7.30. The molecule has 0 aromatic heterocycles. The minimum atomic E-state index is 0.760. The van der Waals surface area contributed by atoms with Crippen LogP contribution in [0.4, 0.5) is 0 Å². The summed E-state index contributed by atoms with van der Waals surface area (Å²) in [5.41, 5.74) is 1.33. The molecule has 98 valence electrons. The van der Waals surface area contributed by atoms with E-state index in [4.69, 9.17) is 9.47 Å². The average molecular weight is 246 g/mol. The van der Waals surface area contributed by atoms with Gasteiger partial charge in [-0.3, -0.25) is 0 Å². The molecule has 1 aliphatic carbocycles. The van der Waals surface area contributed by atoms with Crippen LogP contribution in [0, 0.1) is 5.92 Å². The van der Waals surface area contributed by atoms with Crippen molar-refractivity contribution in [2.45, 2.75) is 44.9 Å². The summed E-state index contributed by atoms with van der Waals surface area (Å²) in [5.74, 6) is 2.76. The van der Waals surface area contributed by atoms with Gasteiger partial charge in [-0.15, -0.1) is 0 Å². The first-order valence-corrected chi connectivity index (χ1v) is 7.30. The molecular weight excluding hydrogens is 224 g/mol. The molecule has 18 heavy (non-hydrogen) atoms. The van der Waals surface area contributed by atoms with Crippen molar-refractivity contribution in [3.05, 3.63) is 23.8 Å². The lowest BCUT2D eigenvalue weighted by Crippen LogP contribution is -2.15. The quantitative estimate of drug-likeness (QED) is 0.803. The number of aryl methyl sites for hydroxylation is 1. The number of fused-ring (bicyclic) bond motifs is 1. The summed E-state index contributed by atoms with van der Waals surface area (Å²) < 4.78 is 11.6. The zero-order valence-corrected chi connectivity index (χ0v) is 11.0. The van der Waals surface area contributed by atoms with Crippen molar-refractivity contribution in [3.8, 4) is 11.5 Å². The second-order valence-corrected chi connectivity index (χ2v) is 5.54. The second-order valence-electron chi connectivity index (χ2n) is 5.54. The van der Waals surface area contributed by atoms with E-state index in [1.807, 2.05) is 0 Å². The zero-order valence-electron chi connectivity index (χ0n) is 11.0. The summed E-state index contributed by atoms with van der Waals surface area (Å²) in [7, 11) is 0. The molecule has 0 N–H and O–H groups in total. The monoisotopic (exact) mass is 246 g/mol. The van der Waals surface area contributed by atoms with E-state index < -0.39 is 0 Å². The van der Waals surface area contributed by atoms with Crippen molar-refractivity contribution in [3.63, 3.8) is 0 Å². The van der Waals surface area contributed by atoms with E-state index in [0.29, 0.717) is 0 Å². The van der Waals surface area contributed by atoms with Crippen LogP contribution in [0.3, 0.4) is 0 Å². The third-order valence-electron chi connectivity index (χ3n) is 4.10. The maximum atomic E-state index is 5.93. The summed E-state index contributed by atoms with van der Waals surface area (Å²) in [4.78, 5) is 0. The molecule has 1 aliphatic heterocycles. The number of rotatable bonds is 3. The molecule has 2 nitrogen and oxygen atoms in total. The number of benzene rings is 1. The van der Waals surface area contributed by atoms with Crippen LogP contribution in [0.2, 0.25) is 0 Å². The van der Waals surface area contributed by atoms with Crippen molar-refractivity contribution < 1.29 is 9.47 Å². The summed E-state index contributed by atoms with van der Waals surface area (Å²) in [5, 5.41) is 0. The fourth-order valence-corrected chi connectivity index (χ4v) is 2.98. The molecule has 0 radical (unpaired) electrons. The molecule has 1 fully saturated rings. The molecule has 0 bridgehead atoms. The fraction of sp³-hybridized carbons (Fsp3) is 0.625. The highest BCUT2D eigenvalue weighted by Gasteiger charge is 2.15. The third-order valence-corrected chi connectivity index (χ3v) is 4.10. The molecule has 2 aliphatic rings. The van der Waals surface area contributed by atoms with Crippen molar-refractivity contribution in [2.75, 3.05) is 13.2 Å². The Bertz CT molecular complexity index is 394.